The first kappa shape index (κ1) is 24.9. The Hall–Kier alpha value is -5.16. The lowest BCUT2D eigenvalue weighted by Gasteiger charge is -2.16. The van der Waals surface area contributed by atoms with Crippen LogP contribution in [0.4, 0.5) is 0 Å². The van der Waals surface area contributed by atoms with Crippen LogP contribution in [-0.2, 0) is 0 Å². The third kappa shape index (κ3) is 4.36. The van der Waals surface area contributed by atoms with Crippen molar-refractivity contribution in [3.63, 3.8) is 0 Å². The maximum Gasteiger partial charge on any atom is 0.227 e. The lowest BCUT2D eigenvalue weighted by Crippen LogP contribution is -1.95. The number of aromatic nitrogens is 4. The summed E-state index contributed by atoms with van der Waals surface area (Å²) in [5.74, 6) is 0. The monoisotopic (exact) mass is 532 g/mol. The van der Waals surface area contributed by atoms with E-state index in [-0.39, 0.29) is 0 Å². The van der Waals surface area contributed by atoms with E-state index >= 15 is 0 Å². The fourth-order valence-electron chi connectivity index (χ4n) is 5.75. The molecular formula is C36H28N4O. The molecule has 0 unspecified atom stereocenters. The Morgan fingerprint density at radius 1 is 0.585 bits per heavy atom. The van der Waals surface area contributed by atoms with Gasteiger partial charge in [-0.15, -0.1) is 0 Å². The van der Waals surface area contributed by atoms with E-state index in [4.69, 9.17) is 9.40 Å². The molecule has 0 aliphatic rings. The SMILES string of the molecule is Cc1ccc2c(n1)oc1c(-c3cc(-c4c(C)cc(-c5ccc(-c6cnccn6)cc5)cc4C)c(C)cn3)cccc12. The maximum absolute atomic E-state index is 6.28. The highest BCUT2D eigenvalue weighted by Gasteiger charge is 2.17. The zero-order valence-electron chi connectivity index (χ0n) is 23.4. The summed E-state index contributed by atoms with van der Waals surface area (Å²) in [6, 6.07) is 25.6. The zero-order valence-corrected chi connectivity index (χ0v) is 23.4. The number of rotatable bonds is 4. The molecule has 0 saturated carbocycles. The first-order valence-electron chi connectivity index (χ1n) is 13.7. The molecule has 4 heterocycles. The summed E-state index contributed by atoms with van der Waals surface area (Å²) in [5, 5.41) is 2.07. The molecule has 0 atom stereocenters. The molecule has 41 heavy (non-hydrogen) atoms. The van der Waals surface area contributed by atoms with Gasteiger partial charge in [0.2, 0.25) is 5.71 Å². The highest BCUT2D eigenvalue weighted by atomic mass is 16.3. The van der Waals surface area contributed by atoms with E-state index < -0.39 is 0 Å². The van der Waals surface area contributed by atoms with E-state index in [0.29, 0.717) is 5.71 Å². The van der Waals surface area contributed by atoms with E-state index in [1.54, 1.807) is 18.6 Å². The Kier molecular flexibility index (Phi) is 5.93. The quantitative estimate of drug-likeness (QED) is 0.226. The Labute approximate surface area is 238 Å². The summed E-state index contributed by atoms with van der Waals surface area (Å²) in [6.07, 6.45) is 7.16. The largest absolute Gasteiger partial charge is 0.437 e. The van der Waals surface area contributed by atoms with Gasteiger partial charge in [-0.2, -0.15) is 0 Å². The predicted molar refractivity (Wildman–Crippen MR) is 166 cm³/mol. The van der Waals surface area contributed by atoms with Gasteiger partial charge < -0.3 is 4.42 Å². The van der Waals surface area contributed by atoms with Crippen molar-refractivity contribution in [2.24, 2.45) is 0 Å². The Morgan fingerprint density at radius 3 is 2.12 bits per heavy atom. The highest BCUT2D eigenvalue weighted by Crippen LogP contribution is 2.39. The minimum atomic E-state index is 0.659. The van der Waals surface area contributed by atoms with Gasteiger partial charge in [0.05, 0.1) is 17.6 Å². The van der Waals surface area contributed by atoms with Gasteiger partial charge in [0.1, 0.15) is 5.58 Å². The minimum absolute atomic E-state index is 0.659. The van der Waals surface area contributed by atoms with Crippen LogP contribution in [-0.4, -0.2) is 19.9 Å². The van der Waals surface area contributed by atoms with Gasteiger partial charge in [0.15, 0.2) is 0 Å². The fourth-order valence-corrected chi connectivity index (χ4v) is 5.75. The van der Waals surface area contributed by atoms with Gasteiger partial charge >= 0.3 is 0 Å². The van der Waals surface area contributed by atoms with Crippen LogP contribution >= 0.6 is 0 Å². The number of hydrogen-bond acceptors (Lipinski definition) is 5. The summed E-state index contributed by atoms with van der Waals surface area (Å²) < 4.78 is 6.28. The van der Waals surface area contributed by atoms with E-state index in [1.807, 2.05) is 19.2 Å². The van der Waals surface area contributed by atoms with E-state index in [2.05, 4.69) is 102 Å². The van der Waals surface area contributed by atoms with Gasteiger partial charge in [-0.25, -0.2) is 4.98 Å². The molecule has 0 amide bonds. The van der Waals surface area contributed by atoms with Crippen LogP contribution in [0.3, 0.4) is 0 Å². The smallest absolute Gasteiger partial charge is 0.227 e. The summed E-state index contributed by atoms with van der Waals surface area (Å²) in [6.45, 7) is 8.48. The molecule has 5 nitrogen and oxygen atoms in total. The molecule has 3 aromatic carbocycles. The molecule has 198 valence electrons. The molecule has 0 bridgehead atoms. The van der Waals surface area contributed by atoms with Crippen LogP contribution < -0.4 is 0 Å². The van der Waals surface area contributed by atoms with Crippen LogP contribution in [0.1, 0.15) is 22.4 Å². The normalized spacial score (nSPS) is 11.4. The van der Waals surface area contributed by atoms with Crippen LogP contribution in [0.2, 0.25) is 0 Å². The number of furan rings is 1. The summed E-state index contributed by atoms with van der Waals surface area (Å²) in [5.41, 5.74) is 14.5. The molecule has 7 rings (SSSR count). The molecule has 0 aliphatic heterocycles. The third-order valence-corrected chi connectivity index (χ3v) is 7.76. The van der Waals surface area contributed by atoms with Crippen molar-refractivity contribution in [3.8, 4) is 44.8 Å². The van der Waals surface area contributed by atoms with Gasteiger partial charge in [0, 0.05) is 46.2 Å². The molecule has 0 spiro atoms. The molecular weight excluding hydrogens is 504 g/mol. The molecule has 0 N–H and O–H groups in total. The Bertz CT molecular complexity index is 2050. The van der Waals surface area contributed by atoms with Crippen molar-refractivity contribution in [2.45, 2.75) is 27.7 Å². The number of fused-ring (bicyclic) bond motifs is 3. The number of pyridine rings is 2. The van der Waals surface area contributed by atoms with Crippen molar-refractivity contribution in [1.29, 1.82) is 0 Å². The van der Waals surface area contributed by atoms with E-state index in [0.717, 1.165) is 50.1 Å². The second kappa shape index (κ2) is 9.79. The summed E-state index contributed by atoms with van der Waals surface area (Å²) >= 11 is 0. The molecule has 0 saturated heterocycles. The molecule has 5 heteroatoms. The first-order chi connectivity index (χ1) is 20.0. The second-order valence-electron chi connectivity index (χ2n) is 10.6. The molecule has 7 aromatic rings. The number of benzene rings is 3. The van der Waals surface area contributed by atoms with Crippen LogP contribution in [0.25, 0.3) is 66.8 Å². The van der Waals surface area contributed by atoms with Gasteiger partial charge in [-0.05, 0) is 90.9 Å². The van der Waals surface area contributed by atoms with Crippen molar-refractivity contribution in [2.75, 3.05) is 0 Å². The van der Waals surface area contributed by atoms with E-state index in [1.165, 1.54) is 33.4 Å². The second-order valence-corrected chi connectivity index (χ2v) is 10.6. The predicted octanol–water partition coefficient (Wildman–Crippen LogP) is 9.07. The molecule has 0 fully saturated rings. The van der Waals surface area contributed by atoms with Gasteiger partial charge in [0.25, 0.3) is 0 Å². The van der Waals surface area contributed by atoms with Crippen LogP contribution in [0.5, 0.6) is 0 Å². The van der Waals surface area contributed by atoms with Crippen molar-refractivity contribution in [3.05, 3.63) is 120 Å². The zero-order chi connectivity index (χ0) is 28.1. The van der Waals surface area contributed by atoms with Gasteiger partial charge in [-0.3, -0.25) is 15.0 Å². The topological polar surface area (TPSA) is 64.7 Å². The highest BCUT2D eigenvalue weighted by molar-refractivity contribution is 6.08. The minimum Gasteiger partial charge on any atom is -0.437 e. The number of aryl methyl sites for hydroxylation is 4. The molecule has 0 aliphatic carbocycles. The molecule has 4 aromatic heterocycles. The molecule has 0 radical (unpaired) electrons. The fraction of sp³-hybridized carbons (Fsp3) is 0.111. The first-order valence-corrected chi connectivity index (χ1v) is 13.7. The van der Waals surface area contributed by atoms with E-state index in [9.17, 15) is 0 Å². The van der Waals surface area contributed by atoms with Gasteiger partial charge in [-0.1, -0.05) is 48.5 Å². The Balaban J connectivity index is 1.29. The van der Waals surface area contributed by atoms with Crippen LogP contribution in [0.15, 0.2) is 102 Å². The lowest BCUT2D eigenvalue weighted by molar-refractivity contribution is 0.653. The van der Waals surface area contributed by atoms with Crippen LogP contribution in [0, 0.1) is 27.7 Å². The number of para-hydroxylation sites is 1. The average molecular weight is 533 g/mol. The average Bonchev–Trinajstić information content (AvgIpc) is 3.36. The summed E-state index contributed by atoms with van der Waals surface area (Å²) in [7, 11) is 0. The maximum atomic E-state index is 6.28. The standard InChI is InChI=1S/C36H28N4O/c1-21-16-27(25-9-11-26(12-10-25)33-20-37-14-15-38-33)17-22(2)34(21)31-18-32(39-19-23(31)3)30-7-5-6-28-29-13-8-24(4)40-36(29)41-35(28)30/h5-20H,1-4H3. The van der Waals surface area contributed by atoms with Crippen molar-refractivity contribution in [1.82, 2.24) is 19.9 Å². The number of nitrogens with zero attached hydrogens (tertiary/aromatic N) is 4. The van der Waals surface area contributed by atoms with Crippen molar-refractivity contribution < 1.29 is 4.42 Å². The Morgan fingerprint density at radius 2 is 1.37 bits per heavy atom. The summed E-state index contributed by atoms with van der Waals surface area (Å²) in [4.78, 5) is 18.1. The van der Waals surface area contributed by atoms with Crippen molar-refractivity contribution >= 4 is 22.1 Å². The lowest BCUT2D eigenvalue weighted by atomic mass is 9.89. The number of hydrogen-bond donors (Lipinski definition) is 0. The third-order valence-electron chi connectivity index (χ3n) is 7.76.